The number of Topliss-reactive ketones (excluding diaryl/α,β-unsaturated/α-hetero) is 1. The summed E-state index contributed by atoms with van der Waals surface area (Å²) in [6, 6.07) is 0.313. The molecule has 24 heavy (non-hydrogen) atoms. The van der Waals surface area contributed by atoms with Crippen LogP contribution in [0, 0.1) is 12.3 Å². The molecule has 1 spiro atoms. The SMILES string of the molecule is CCCCOC(=O)N1CC2(CC(n3nc(C(C)=O)c(Br)c3C)C2)C1. The molecule has 1 saturated carbocycles. The molecule has 1 aliphatic carbocycles. The molecule has 6 nitrogen and oxygen atoms in total. The molecule has 1 amide bonds. The van der Waals surface area contributed by atoms with E-state index in [1.54, 1.807) is 4.90 Å². The summed E-state index contributed by atoms with van der Waals surface area (Å²) in [4.78, 5) is 25.3. The van der Waals surface area contributed by atoms with Crippen LogP contribution in [-0.2, 0) is 4.74 Å². The Morgan fingerprint density at radius 1 is 1.38 bits per heavy atom. The summed E-state index contributed by atoms with van der Waals surface area (Å²) in [5.74, 6) is -0.0256. The molecule has 0 unspecified atom stereocenters. The van der Waals surface area contributed by atoms with Gasteiger partial charge in [0.05, 0.1) is 22.8 Å². The van der Waals surface area contributed by atoms with Crippen molar-refractivity contribution in [2.75, 3.05) is 19.7 Å². The first-order valence-electron chi connectivity index (χ1n) is 8.54. The normalized spacial score (nSPS) is 19.1. The molecule has 2 aliphatic rings. The van der Waals surface area contributed by atoms with Crippen LogP contribution >= 0.6 is 15.9 Å². The first-order valence-corrected chi connectivity index (χ1v) is 9.33. The first-order chi connectivity index (χ1) is 11.4. The Morgan fingerprint density at radius 3 is 2.58 bits per heavy atom. The van der Waals surface area contributed by atoms with E-state index in [1.165, 1.54) is 6.92 Å². The van der Waals surface area contributed by atoms with Gasteiger partial charge in [-0.05, 0) is 42.1 Å². The average molecular weight is 398 g/mol. The molecular weight excluding hydrogens is 374 g/mol. The number of hydrogen-bond donors (Lipinski definition) is 0. The molecule has 2 heterocycles. The zero-order valence-electron chi connectivity index (χ0n) is 14.5. The summed E-state index contributed by atoms with van der Waals surface area (Å²) in [7, 11) is 0. The van der Waals surface area contributed by atoms with Gasteiger partial charge < -0.3 is 9.64 Å². The number of ether oxygens (including phenoxy) is 1. The van der Waals surface area contributed by atoms with Crippen LogP contribution in [0.25, 0.3) is 0 Å². The quantitative estimate of drug-likeness (QED) is 0.560. The molecule has 0 bridgehead atoms. The van der Waals surface area contributed by atoms with Gasteiger partial charge in [-0.15, -0.1) is 0 Å². The Bertz CT molecular complexity index is 656. The maximum atomic E-state index is 11.9. The van der Waals surface area contributed by atoms with Crippen LogP contribution in [0.15, 0.2) is 4.47 Å². The molecule has 0 aromatic carbocycles. The van der Waals surface area contributed by atoms with Gasteiger partial charge in [0.2, 0.25) is 0 Å². The fourth-order valence-corrected chi connectivity index (χ4v) is 4.28. The first kappa shape index (κ1) is 17.5. The lowest BCUT2D eigenvalue weighted by Gasteiger charge is -2.58. The molecule has 1 aromatic rings. The van der Waals surface area contributed by atoms with Gasteiger partial charge in [-0.3, -0.25) is 9.48 Å². The van der Waals surface area contributed by atoms with Gasteiger partial charge in [-0.2, -0.15) is 5.10 Å². The number of hydrogen-bond acceptors (Lipinski definition) is 4. The lowest BCUT2D eigenvalue weighted by atomic mass is 9.61. The standard InChI is InChI=1S/C17H24BrN3O3/c1-4-5-6-24-16(23)20-9-17(10-20)7-13(8-17)21-11(2)14(18)15(19-21)12(3)22/h13H,4-10H2,1-3H3. The van der Waals surface area contributed by atoms with Crippen molar-refractivity contribution in [3.05, 3.63) is 15.9 Å². The van der Waals surface area contributed by atoms with Gasteiger partial charge in [0.25, 0.3) is 0 Å². The minimum Gasteiger partial charge on any atom is -0.449 e. The van der Waals surface area contributed by atoms with Gasteiger partial charge in [0.15, 0.2) is 5.78 Å². The van der Waals surface area contributed by atoms with E-state index in [0.717, 1.165) is 48.9 Å². The van der Waals surface area contributed by atoms with Crippen LogP contribution in [0.3, 0.4) is 0 Å². The Balaban J connectivity index is 1.53. The minimum absolute atomic E-state index is 0.0256. The summed E-state index contributed by atoms with van der Waals surface area (Å²) in [6.45, 7) is 7.65. The van der Waals surface area contributed by atoms with Crippen molar-refractivity contribution in [3.8, 4) is 0 Å². The number of unbranched alkanes of at least 4 members (excludes halogenated alkanes) is 1. The average Bonchev–Trinajstić information content (AvgIpc) is 2.73. The number of rotatable bonds is 5. The highest BCUT2D eigenvalue weighted by Gasteiger charge is 2.55. The predicted octanol–water partition coefficient (Wildman–Crippen LogP) is 3.73. The lowest BCUT2D eigenvalue weighted by molar-refractivity contribution is -0.0826. The molecule has 1 aliphatic heterocycles. The second-order valence-corrected chi connectivity index (χ2v) is 7.93. The van der Waals surface area contributed by atoms with Gasteiger partial charge in [0, 0.05) is 25.4 Å². The zero-order chi connectivity index (χ0) is 17.5. The van der Waals surface area contributed by atoms with Crippen molar-refractivity contribution in [1.82, 2.24) is 14.7 Å². The lowest BCUT2D eigenvalue weighted by Crippen LogP contribution is -2.64. The largest absolute Gasteiger partial charge is 0.449 e. The third-order valence-electron chi connectivity index (χ3n) is 5.13. The monoisotopic (exact) mass is 397 g/mol. The van der Waals surface area contributed by atoms with Crippen LogP contribution in [0.4, 0.5) is 4.79 Å². The van der Waals surface area contributed by atoms with E-state index < -0.39 is 0 Å². The van der Waals surface area contributed by atoms with Crippen molar-refractivity contribution in [3.63, 3.8) is 0 Å². The smallest absolute Gasteiger partial charge is 0.409 e. The number of halogens is 1. The zero-order valence-corrected chi connectivity index (χ0v) is 16.1. The molecule has 7 heteroatoms. The number of carbonyl (C=O) groups excluding carboxylic acids is 2. The number of carbonyl (C=O) groups is 2. The van der Waals surface area contributed by atoms with E-state index in [0.29, 0.717) is 18.3 Å². The van der Waals surface area contributed by atoms with Crippen molar-refractivity contribution in [2.24, 2.45) is 5.41 Å². The van der Waals surface area contributed by atoms with Crippen molar-refractivity contribution in [1.29, 1.82) is 0 Å². The van der Waals surface area contributed by atoms with E-state index in [-0.39, 0.29) is 17.3 Å². The van der Waals surface area contributed by atoms with E-state index in [9.17, 15) is 9.59 Å². The maximum Gasteiger partial charge on any atom is 0.409 e. The van der Waals surface area contributed by atoms with Crippen molar-refractivity contribution in [2.45, 2.75) is 52.5 Å². The molecule has 2 fully saturated rings. The Hall–Kier alpha value is -1.37. The third-order valence-corrected chi connectivity index (χ3v) is 6.08. The highest BCUT2D eigenvalue weighted by Crippen LogP contribution is 2.54. The number of ketones is 1. The van der Waals surface area contributed by atoms with Crippen molar-refractivity contribution >= 4 is 27.8 Å². The highest BCUT2D eigenvalue weighted by atomic mass is 79.9. The number of aromatic nitrogens is 2. The van der Waals surface area contributed by atoms with Gasteiger partial charge in [-0.1, -0.05) is 13.3 Å². The van der Waals surface area contributed by atoms with Gasteiger partial charge in [-0.25, -0.2) is 4.79 Å². The van der Waals surface area contributed by atoms with Crippen LogP contribution in [0.1, 0.15) is 61.8 Å². The summed E-state index contributed by atoms with van der Waals surface area (Å²) in [6.07, 6.45) is 3.75. The summed E-state index contributed by atoms with van der Waals surface area (Å²) in [5, 5.41) is 4.47. The molecular formula is C17H24BrN3O3. The Labute approximate surface area is 150 Å². The molecule has 0 atom stereocenters. The van der Waals surface area contributed by atoms with Crippen LogP contribution in [0.2, 0.25) is 0 Å². The number of nitrogens with zero attached hydrogens (tertiary/aromatic N) is 3. The number of amides is 1. The van der Waals surface area contributed by atoms with E-state index in [1.807, 2.05) is 11.6 Å². The summed E-state index contributed by atoms with van der Waals surface area (Å²) < 4.78 is 8.01. The van der Waals surface area contributed by atoms with E-state index >= 15 is 0 Å². The summed E-state index contributed by atoms with van der Waals surface area (Å²) in [5.41, 5.74) is 1.72. The highest BCUT2D eigenvalue weighted by molar-refractivity contribution is 9.10. The van der Waals surface area contributed by atoms with E-state index in [2.05, 4.69) is 28.0 Å². The minimum atomic E-state index is -0.186. The topological polar surface area (TPSA) is 64.4 Å². The molecule has 0 radical (unpaired) electrons. The molecule has 132 valence electrons. The van der Waals surface area contributed by atoms with Gasteiger partial charge >= 0.3 is 6.09 Å². The number of likely N-dealkylation sites (tertiary alicyclic amines) is 1. The summed E-state index contributed by atoms with van der Waals surface area (Å²) >= 11 is 3.47. The Morgan fingerprint density at radius 2 is 2.04 bits per heavy atom. The molecule has 1 saturated heterocycles. The van der Waals surface area contributed by atoms with Crippen molar-refractivity contribution < 1.29 is 14.3 Å². The second kappa shape index (κ2) is 6.50. The van der Waals surface area contributed by atoms with Crippen LogP contribution in [-0.4, -0.2) is 46.3 Å². The fourth-order valence-electron chi connectivity index (χ4n) is 3.74. The Kier molecular flexibility index (Phi) is 4.73. The van der Waals surface area contributed by atoms with E-state index in [4.69, 9.17) is 4.74 Å². The van der Waals surface area contributed by atoms with Crippen LogP contribution in [0.5, 0.6) is 0 Å². The second-order valence-electron chi connectivity index (χ2n) is 7.13. The predicted molar refractivity (Wildman–Crippen MR) is 93.2 cm³/mol. The third kappa shape index (κ3) is 2.98. The molecule has 1 aromatic heterocycles. The maximum absolute atomic E-state index is 11.9. The molecule has 0 N–H and O–H groups in total. The van der Waals surface area contributed by atoms with Gasteiger partial charge in [0.1, 0.15) is 5.69 Å². The van der Waals surface area contributed by atoms with Crippen LogP contribution < -0.4 is 0 Å². The molecule has 3 rings (SSSR count). The fraction of sp³-hybridized carbons (Fsp3) is 0.706.